The molecule has 88 valence electrons. The molecule has 2 heterocycles. The zero-order chi connectivity index (χ0) is 11.9. The molecule has 1 spiro atoms. The highest BCUT2D eigenvalue weighted by atomic mass is 19.3. The molecule has 0 aromatic carbocycles. The van der Waals surface area contributed by atoms with E-state index in [2.05, 4.69) is 5.32 Å². The summed E-state index contributed by atoms with van der Waals surface area (Å²) in [5.41, 5.74) is -1.22. The Morgan fingerprint density at radius 2 is 2.12 bits per heavy atom. The van der Waals surface area contributed by atoms with Crippen molar-refractivity contribution in [3.05, 3.63) is 0 Å². The van der Waals surface area contributed by atoms with Gasteiger partial charge in [0.05, 0.1) is 6.54 Å². The van der Waals surface area contributed by atoms with E-state index < -0.39 is 29.8 Å². The van der Waals surface area contributed by atoms with Crippen molar-refractivity contribution in [1.29, 1.82) is 0 Å². The molecule has 2 N–H and O–H groups in total. The topological polar surface area (TPSA) is 78.5 Å². The number of likely N-dealkylation sites (tertiary alicyclic amines) is 1. The van der Waals surface area contributed by atoms with Crippen LogP contribution in [-0.2, 0) is 9.59 Å². The maximum atomic E-state index is 12.2. The van der Waals surface area contributed by atoms with Crippen LogP contribution in [0.5, 0.6) is 0 Å². The number of rotatable bonds is 1. The van der Waals surface area contributed by atoms with Gasteiger partial charge in [-0.1, -0.05) is 0 Å². The number of nitrogens with zero attached hydrogens (tertiary/aromatic N) is 1. The molecule has 0 radical (unpaired) electrons. The standard InChI is InChI=1S/C8H9F2N3O3/c9-4(10)5(14)13-2-1-8(3-13)6(15)11-7(16)12-8/h4H,1-3H2,(H2,11,12,15,16). The van der Waals surface area contributed by atoms with Crippen LogP contribution in [0.25, 0.3) is 0 Å². The average molecular weight is 233 g/mol. The summed E-state index contributed by atoms with van der Waals surface area (Å²) in [5.74, 6) is -1.88. The molecule has 0 aromatic heterocycles. The van der Waals surface area contributed by atoms with Gasteiger partial charge in [-0.2, -0.15) is 8.78 Å². The molecule has 0 aromatic rings. The first-order valence-corrected chi connectivity index (χ1v) is 4.65. The summed E-state index contributed by atoms with van der Waals surface area (Å²) in [6.07, 6.45) is -2.93. The van der Waals surface area contributed by atoms with Crippen LogP contribution in [0.1, 0.15) is 6.42 Å². The number of carbonyl (C=O) groups is 3. The van der Waals surface area contributed by atoms with Crippen molar-refractivity contribution in [3.8, 4) is 0 Å². The summed E-state index contributed by atoms with van der Waals surface area (Å²) in [4.78, 5) is 34.2. The van der Waals surface area contributed by atoms with Gasteiger partial charge in [0.25, 0.3) is 11.8 Å². The van der Waals surface area contributed by atoms with Crippen molar-refractivity contribution in [3.63, 3.8) is 0 Å². The van der Waals surface area contributed by atoms with E-state index in [4.69, 9.17) is 0 Å². The fourth-order valence-corrected chi connectivity index (χ4v) is 1.95. The number of imide groups is 1. The van der Waals surface area contributed by atoms with Crippen LogP contribution >= 0.6 is 0 Å². The molecule has 2 aliphatic heterocycles. The van der Waals surface area contributed by atoms with E-state index in [1.807, 2.05) is 5.32 Å². The number of alkyl halides is 2. The summed E-state index contributed by atoms with van der Waals surface area (Å²) < 4.78 is 24.3. The molecule has 6 nitrogen and oxygen atoms in total. The molecule has 8 heteroatoms. The number of nitrogens with one attached hydrogen (secondary N) is 2. The predicted molar refractivity (Wildman–Crippen MR) is 46.6 cm³/mol. The molecule has 2 aliphatic rings. The van der Waals surface area contributed by atoms with Crippen molar-refractivity contribution in [1.82, 2.24) is 15.5 Å². The van der Waals surface area contributed by atoms with Gasteiger partial charge in [0, 0.05) is 6.54 Å². The molecular weight excluding hydrogens is 224 g/mol. The normalized spacial score (nSPS) is 28.8. The molecule has 2 fully saturated rings. The Morgan fingerprint density at radius 1 is 1.44 bits per heavy atom. The molecule has 16 heavy (non-hydrogen) atoms. The summed E-state index contributed by atoms with van der Waals surface area (Å²) >= 11 is 0. The molecule has 1 atom stereocenters. The lowest BCUT2D eigenvalue weighted by Gasteiger charge is -2.20. The third-order valence-corrected chi connectivity index (χ3v) is 2.78. The van der Waals surface area contributed by atoms with Gasteiger partial charge >= 0.3 is 12.5 Å². The number of amides is 4. The fraction of sp³-hybridized carbons (Fsp3) is 0.625. The summed E-state index contributed by atoms with van der Waals surface area (Å²) in [5, 5.41) is 4.39. The number of urea groups is 1. The van der Waals surface area contributed by atoms with Gasteiger partial charge in [-0.15, -0.1) is 0 Å². The second kappa shape index (κ2) is 3.39. The van der Waals surface area contributed by atoms with Crippen LogP contribution in [-0.4, -0.2) is 47.8 Å². The van der Waals surface area contributed by atoms with Crippen LogP contribution < -0.4 is 10.6 Å². The maximum Gasteiger partial charge on any atom is 0.322 e. The second-order valence-corrected chi connectivity index (χ2v) is 3.80. The Hall–Kier alpha value is -1.73. The summed E-state index contributed by atoms with van der Waals surface area (Å²) in [6, 6.07) is -0.656. The predicted octanol–water partition coefficient (Wildman–Crippen LogP) is -0.938. The van der Waals surface area contributed by atoms with E-state index >= 15 is 0 Å². The van der Waals surface area contributed by atoms with Gasteiger partial charge in [0.15, 0.2) is 0 Å². The number of hydrogen-bond acceptors (Lipinski definition) is 3. The first kappa shape index (κ1) is 10.8. The molecule has 0 aliphatic carbocycles. The van der Waals surface area contributed by atoms with Gasteiger partial charge in [0.2, 0.25) is 0 Å². The lowest BCUT2D eigenvalue weighted by Crippen LogP contribution is -2.50. The van der Waals surface area contributed by atoms with E-state index in [9.17, 15) is 23.2 Å². The van der Waals surface area contributed by atoms with Crippen LogP contribution in [0.2, 0.25) is 0 Å². The first-order valence-electron chi connectivity index (χ1n) is 4.65. The number of carbonyl (C=O) groups excluding carboxylic acids is 3. The van der Waals surface area contributed by atoms with Crippen molar-refractivity contribution >= 4 is 17.8 Å². The molecular formula is C8H9F2N3O3. The highest BCUT2D eigenvalue weighted by Gasteiger charge is 2.52. The Labute approximate surface area is 89.0 Å². The summed E-state index contributed by atoms with van der Waals surface area (Å²) in [7, 11) is 0. The van der Waals surface area contributed by atoms with Crippen LogP contribution in [0, 0.1) is 0 Å². The van der Waals surface area contributed by atoms with Gasteiger partial charge in [-0.3, -0.25) is 14.9 Å². The SMILES string of the molecule is O=C1NC(=O)C2(CCN(C(=O)C(F)F)C2)N1. The third-order valence-electron chi connectivity index (χ3n) is 2.78. The van der Waals surface area contributed by atoms with E-state index in [1.165, 1.54) is 0 Å². The fourth-order valence-electron chi connectivity index (χ4n) is 1.95. The van der Waals surface area contributed by atoms with E-state index in [0.29, 0.717) is 0 Å². The molecule has 2 saturated heterocycles. The van der Waals surface area contributed by atoms with Crippen LogP contribution in [0.15, 0.2) is 0 Å². The molecule has 0 bridgehead atoms. The van der Waals surface area contributed by atoms with Gasteiger partial charge in [-0.25, -0.2) is 4.79 Å². The first-order chi connectivity index (χ1) is 7.44. The van der Waals surface area contributed by atoms with Crippen LogP contribution in [0.3, 0.4) is 0 Å². The van der Waals surface area contributed by atoms with Crippen LogP contribution in [0.4, 0.5) is 13.6 Å². The molecule has 2 rings (SSSR count). The minimum atomic E-state index is -3.09. The van der Waals surface area contributed by atoms with Crippen molar-refractivity contribution in [2.24, 2.45) is 0 Å². The quantitative estimate of drug-likeness (QED) is 0.574. The van der Waals surface area contributed by atoms with E-state index in [0.717, 1.165) is 4.90 Å². The van der Waals surface area contributed by atoms with E-state index in [-0.39, 0.29) is 19.5 Å². The van der Waals surface area contributed by atoms with Crippen molar-refractivity contribution in [2.75, 3.05) is 13.1 Å². The Morgan fingerprint density at radius 3 is 2.62 bits per heavy atom. The highest BCUT2D eigenvalue weighted by molar-refractivity contribution is 6.07. The van der Waals surface area contributed by atoms with Crippen molar-refractivity contribution in [2.45, 2.75) is 18.4 Å². The lowest BCUT2D eigenvalue weighted by molar-refractivity contribution is -0.142. The minimum absolute atomic E-state index is 0.0386. The van der Waals surface area contributed by atoms with Crippen molar-refractivity contribution < 1.29 is 23.2 Å². The van der Waals surface area contributed by atoms with Gasteiger partial charge < -0.3 is 10.2 Å². The third kappa shape index (κ3) is 1.50. The highest BCUT2D eigenvalue weighted by Crippen LogP contribution is 2.25. The Balaban J connectivity index is 2.11. The lowest BCUT2D eigenvalue weighted by atomic mass is 10.00. The van der Waals surface area contributed by atoms with E-state index in [1.54, 1.807) is 0 Å². The monoisotopic (exact) mass is 233 g/mol. The average Bonchev–Trinajstić information content (AvgIpc) is 2.72. The molecule has 1 unspecified atom stereocenters. The second-order valence-electron chi connectivity index (χ2n) is 3.80. The Bertz CT molecular complexity index is 374. The summed E-state index contributed by atoms with van der Waals surface area (Å²) in [6.45, 7) is -0.162. The number of hydrogen-bond donors (Lipinski definition) is 2. The zero-order valence-corrected chi connectivity index (χ0v) is 8.13. The minimum Gasteiger partial charge on any atom is -0.335 e. The molecule has 4 amide bonds. The largest absolute Gasteiger partial charge is 0.335 e. The van der Waals surface area contributed by atoms with Gasteiger partial charge in [-0.05, 0) is 6.42 Å². The Kier molecular flexibility index (Phi) is 2.28. The molecule has 0 saturated carbocycles. The zero-order valence-electron chi connectivity index (χ0n) is 8.13. The smallest absolute Gasteiger partial charge is 0.322 e. The maximum absolute atomic E-state index is 12.2. The van der Waals surface area contributed by atoms with Gasteiger partial charge in [0.1, 0.15) is 5.54 Å². The number of halogens is 2.